The molecule has 1 aromatic rings. The molecule has 0 aromatic carbocycles. The molecule has 14 heavy (non-hydrogen) atoms. The van der Waals surface area contributed by atoms with Crippen molar-refractivity contribution in [1.82, 2.24) is 9.97 Å². The molecule has 0 fully saturated rings. The number of aromatic nitrogens is 2. The molecule has 3 heteroatoms. The van der Waals surface area contributed by atoms with Gasteiger partial charge in [0.15, 0.2) is 0 Å². The van der Waals surface area contributed by atoms with Crippen LogP contribution in [0.2, 0.25) is 0 Å². The van der Waals surface area contributed by atoms with Gasteiger partial charge in [-0.25, -0.2) is 4.98 Å². The highest BCUT2D eigenvalue weighted by atomic mass is 16.1. The average molecular weight is 190 g/mol. The topological polar surface area (TPSA) is 45.8 Å². The summed E-state index contributed by atoms with van der Waals surface area (Å²) in [4.78, 5) is 18.2. The third kappa shape index (κ3) is 2.19. The Morgan fingerprint density at radius 1 is 1.50 bits per heavy atom. The Kier molecular flexibility index (Phi) is 3.02. The number of aromatic amines is 1. The third-order valence-corrected chi connectivity index (χ3v) is 1.75. The van der Waals surface area contributed by atoms with E-state index >= 15 is 0 Å². The number of nitrogens with one attached hydrogen (secondary N) is 1. The standard InChI is InChI=1S/C11H14N2O/c1-7(2)5-9-10(8(3)4)12-6-13-11(9)14/h5-6H,1H2,2-4H3,(H,12,13,14)/b9-5+. The molecular weight excluding hydrogens is 176 g/mol. The van der Waals surface area contributed by atoms with Crippen molar-refractivity contribution in [3.8, 4) is 0 Å². The van der Waals surface area contributed by atoms with E-state index < -0.39 is 0 Å². The van der Waals surface area contributed by atoms with Crippen LogP contribution >= 0.6 is 0 Å². The van der Waals surface area contributed by atoms with Gasteiger partial charge in [-0.2, -0.15) is 0 Å². The van der Waals surface area contributed by atoms with Crippen LogP contribution in [0.4, 0.5) is 0 Å². The Morgan fingerprint density at radius 3 is 2.64 bits per heavy atom. The van der Waals surface area contributed by atoms with Crippen LogP contribution in [0.1, 0.15) is 20.8 Å². The molecule has 0 atom stereocenters. The van der Waals surface area contributed by atoms with Crippen molar-refractivity contribution in [2.45, 2.75) is 20.8 Å². The number of hydrogen-bond donors (Lipinski definition) is 1. The molecule has 1 N–H and O–H groups in total. The third-order valence-electron chi connectivity index (χ3n) is 1.75. The lowest BCUT2D eigenvalue weighted by molar-refractivity contribution is 1.04. The van der Waals surface area contributed by atoms with Crippen molar-refractivity contribution in [2.24, 2.45) is 0 Å². The predicted octanol–water partition coefficient (Wildman–Crippen LogP) is 0.317. The SMILES string of the molecule is C=C(C)/C=c1\c(=C(C)C)nc[nH]c1=O. The first-order chi connectivity index (χ1) is 6.52. The number of hydrogen-bond acceptors (Lipinski definition) is 2. The van der Waals surface area contributed by atoms with Crippen LogP contribution in [0.5, 0.6) is 0 Å². The van der Waals surface area contributed by atoms with Gasteiger partial charge in [0.05, 0.1) is 16.9 Å². The molecule has 0 aliphatic carbocycles. The van der Waals surface area contributed by atoms with Gasteiger partial charge in [0.2, 0.25) is 0 Å². The molecule has 0 unspecified atom stereocenters. The lowest BCUT2D eigenvalue weighted by Crippen LogP contribution is -2.43. The molecule has 0 aliphatic heterocycles. The Hall–Kier alpha value is -1.64. The van der Waals surface area contributed by atoms with Gasteiger partial charge in [0.1, 0.15) is 0 Å². The summed E-state index contributed by atoms with van der Waals surface area (Å²) in [6.07, 6.45) is 3.16. The zero-order valence-electron chi connectivity index (χ0n) is 8.72. The summed E-state index contributed by atoms with van der Waals surface area (Å²) < 4.78 is 0. The fourth-order valence-electron chi connectivity index (χ4n) is 1.19. The average Bonchev–Trinajstić information content (AvgIpc) is 2.07. The van der Waals surface area contributed by atoms with Crippen molar-refractivity contribution in [3.63, 3.8) is 0 Å². The van der Waals surface area contributed by atoms with E-state index in [9.17, 15) is 4.79 Å². The van der Waals surface area contributed by atoms with E-state index in [1.807, 2.05) is 20.8 Å². The van der Waals surface area contributed by atoms with Crippen LogP contribution in [0.25, 0.3) is 11.6 Å². The maximum Gasteiger partial charge on any atom is 0.258 e. The number of rotatable bonds is 1. The van der Waals surface area contributed by atoms with Crippen molar-refractivity contribution < 1.29 is 0 Å². The summed E-state index contributed by atoms with van der Waals surface area (Å²) in [5, 5.41) is 1.32. The van der Waals surface area contributed by atoms with Crippen LogP contribution < -0.4 is 16.1 Å². The van der Waals surface area contributed by atoms with E-state index in [4.69, 9.17) is 0 Å². The number of allylic oxidation sites excluding steroid dienone is 1. The molecule has 0 saturated carbocycles. The lowest BCUT2D eigenvalue weighted by atomic mass is 10.2. The summed E-state index contributed by atoms with van der Waals surface area (Å²) in [5.74, 6) is 0. The molecule has 0 radical (unpaired) electrons. The predicted molar refractivity (Wildman–Crippen MR) is 58.1 cm³/mol. The molecule has 74 valence electrons. The molecule has 1 heterocycles. The van der Waals surface area contributed by atoms with Gasteiger partial charge in [-0.15, -0.1) is 0 Å². The normalized spacial score (nSPS) is 11.5. The molecule has 0 amide bonds. The van der Waals surface area contributed by atoms with Crippen molar-refractivity contribution in [3.05, 3.63) is 39.4 Å². The second-order valence-corrected chi connectivity index (χ2v) is 3.48. The van der Waals surface area contributed by atoms with Gasteiger partial charge >= 0.3 is 0 Å². The molecule has 1 aromatic heterocycles. The zero-order valence-corrected chi connectivity index (χ0v) is 8.72. The van der Waals surface area contributed by atoms with Gasteiger partial charge in [0.25, 0.3) is 5.56 Å². The molecule has 0 aliphatic rings. The molecule has 0 spiro atoms. The molecule has 0 saturated heterocycles. The maximum absolute atomic E-state index is 11.5. The van der Waals surface area contributed by atoms with Crippen molar-refractivity contribution in [1.29, 1.82) is 0 Å². The molecule has 1 rings (SSSR count). The highest BCUT2D eigenvalue weighted by molar-refractivity contribution is 5.45. The second kappa shape index (κ2) is 4.05. The van der Waals surface area contributed by atoms with Crippen molar-refractivity contribution >= 4 is 11.6 Å². The Bertz CT molecular complexity index is 519. The monoisotopic (exact) mass is 190 g/mol. The molecular formula is C11H14N2O. The fourth-order valence-corrected chi connectivity index (χ4v) is 1.19. The van der Waals surface area contributed by atoms with Gasteiger partial charge < -0.3 is 4.98 Å². The second-order valence-electron chi connectivity index (χ2n) is 3.48. The maximum atomic E-state index is 11.5. The summed E-state index contributed by atoms with van der Waals surface area (Å²) in [6, 6.07) is 0. The lowest BCUT2D eigenvalue weighted by Gasteiger charge is -1.92. The van der Waals surface area contributed by atoms with E-state index in [1.165, 1.54) is 6.33 Å². The largest absolute Gasteiger partial charge is 0.313 e. The minimum atomic E-state index is -0.126. The highest BCUT2D eigenvalue weighted by Gasteiger charge is 1.94. The number of H-pyrrole nitrogens is 1. The van der Waals surface area contributed by atoms with Crippen molar-refractivity contribution in [2.75, 3.05) is 0 Å². The van der Waals surface area contributed by atoms with E-state index in [1.54, 1.807) is 6.08 Å². The van der Waals surface area contributed by atoms with Crippen LogP contribution in [-0.4, -0.2) is 9.97 Å². The minimum absolute atomic E-state index is 0.126. The van der Waals surface area contributed by atoms with Gasteiger partial charge in [-0.05, 0) is 32.4 Å². The first-order valence-corrected chi connectivity index (χ1v) is 4.41. The van der Waals surface area contributed by atoms with E-state index in [2.05, 4.69) is 16.5 Å². The zero-order chi connectivity index (χ0) is 10.7. The molecule has 3 nitrogen and oxygen atoms in total. The van der Waals surface area contributed by atoms with Gasteiger partial charge in [0, 0.05) is 0 Å². The summed E-state index contributed by atoms with van der Waals surface area (Å²) in [7, 11) is 0. The van der Waals surface area contributed by atoms with Gasteiger partial charge in [-0.3, -0.25) is 4.79 Å². The Morgan fingerprint density at radius 2 is 2.14 bits per heavy atom. The smallest absolute Gasteiger partial charge is 0.258 e. The van der Waals surface area contributed by atoms with E-state index in [-0.39, 0.29) is 5.56 Å². The molecule has 0 bridgehead atoms. The van der Waals surface area contributed by atoms with Crippen LogP contribution in [0, 0.1) is 0 Å². The first kappa shape index (κ1) is 10.4. The Balaban J connectivity index is 3.82. The summed E-state index contributed by atoms with van der Waals surface area (Å²) in [5.41, 5.74) is 1.73. The van der Waals surface area contributed by atoms with E-state index in [0.717, 1.165) is 16.5 Å². The van der Waals surface area contributed by atoms with Crippen LogP contribution in [0.3, 0.4) is 0 Å². The van der Waals surface area contributed by atoms with Gasteiger partial charge in [-0.1, -0.05) is 12.2 Å². The van der Waals surface area contributed by atoms with E-state index in [0.29, 0.717) is 5.22 Å². The minimum Gasteiger partial charge on any atom is -0.313 e. The van der Waals surface area contributed by atoms with Crippen LogP contribution in [-0.2, 0) is 0 Å². The fraction of sp³-hybridized carbons (Fsp3) is 0.273. The summed E-state index contributed by atoms with van der Waals surface area (Å²) >= 11 is 0. The van der Waals surface area contributed by atoms with Crippen LogP contribution in [0.15, 0.2) is 23.3 Å². The summed E-state index contributed by atoms with van der Waals surface area (Å²) in [6.45, 7) is 9.45. The highest BCUT2D eigenvalue weighted by Crippen LogP contribution is 1.84. The number of nitrogens with zero attached hydrogens (tertiary/aromatic N) is 1. The first-order valence-electron chi connectivity index (χ1n) is 4.41. The Labute approximate surface area is 82.5 Å². The quantitative estimate of drug-likeness (QED) is 0.693.